The SMILES string of the molecule is CCn1c(-c2ccc(SN(N)CC(=O)OC)cc2)c(C#N)c2ccc(OC)cc21. The summed E-state index contributed by atoms with van der Waals surface area (Å²) in [5.41, 5.74) is 3.40. The van der Waals surface area contributed by atoms with E-state index >= 15 is 0 Å². The van der Waals surface area contributed by atoms with Crippen LogP contribution < -0.4 is 10.6 Å². The molecule has 3 rings (SSSR count). The predicted molar refractivity (Wildman–Crippen MR) is 113 cm³/mol. The molecule has 0 saturated carbocycles. The van der Waals surface area contributed by atoms with E-state index in [1.54, 1.807) is 7.11 Å². The van der Waals surface area contributed by atoms with Crippen LogP contribution in [0, 0.1) is 11.3 Å². The molecule has 0 saturated heterocycles. The summed E-state index contributed by atoms with van der Waals surface area (Å²) < 4.78 is 13.4. The summed E-state index contributed by atoms with van der Waals surface area (Å²) >= 11 is 1.24. The fourth-order valence-electron chi connectivity index (χ4n) is 3.23. The summed E-state index contributed by atoms with van der Waals surface area (Å²) in [7, 11) is 2.95. The monoisotopic (exact) mass is 410 g/mol. The molecule has 3 aromatic rings. The number of carbonyl (C=O) groups is 1. The second kappa shape index (κ2) is 9.01. The Bertz CT molecular complexity index is 1070. The molecule has 0 spiro atoms. The Labute approximate surface area is 173 Å². The Balaban J connectivity index is 1.98. The van der Waals surface area contributed by atoms with Crippen LogP contribution in [0.1, 0.15) is 12.5 Å². The van der Waals surface area contributed by atoms with Crippen molar-refractivity contribution in [3.8, 4) is 23.1 Å². The number of hydrogen-bond acceptors (Lipinski definition) is 7. The maximum absolute atomic E-state index is 11.3. The molecule has 0 bridgehead atoms. The third-order valence-corrected chi connectivity index (χ3v) is 5.41. The summed E-state index contributed by atoms with van der Waals surface area (Å²) in [6, 6.07) is 15.8. The lowest BCUT2D eigenvalue weighted by Gasteiger charge is -2.14. The number of ether oxygens (including phenoxy) is 2. The summed E-state index contributed by atoms with van der Waals surface area (Å²) in [6.45, 7) is 2.74. The first kappa shape index (κ1) is 20.7. The minimum atomic E-state index is -0.404. The van der Waals surface area contributed by atoms with E-state index in [4.69, 9.17) is 10.6 Å². The maximum Gasteiger partial charge on any atom is 0.322 e. The highest BCUT2D eigenvalue weighted by Gasteiger charge is 2.18. The molecule has 0 radical (unpaired) electrons. The Hall–Kier alpha value is -2.99. The molecule has 0 unspecified atom stereocenters. The topological polar surface area (TPSA) is 93.5 Å². The number of aromatic nitrogens is 1. The third kappa shape index (κ3) is 4.22. The lowest BCUT2D eigenvalue weighted by atomic mass is 10.1. The van der Waals surface area contributed by atoms with Crippen LogP contribution in [0.4, 0.5) is 0 Å². The normalized spacial score (nSPS) is 10.9. The van der Waals surface area contributed by atoms with Crippen molar-refractivity contribution in [3.63, 3.8) is 0 Å². The van der Waals surface area contributed by atoms with Gasteiger partial charge in [0, 0.05) is 22.9 Å². The van der Waals surface area contributed by atoms with Crippen LogP contribution in [0.5, 0.6) is 5.75 Å². The minimum Gasteiger partial charge on any atom is -0.497 e. The van der Waals surface area contributed by atoms with Gasteiger partial charge >= 0.3 is 5.97 Å². The van der Waals surface area contributed by atoms with Gasteiger partial charge in [-0.1, -0.05) is 12.1 Å². The average Bonchev–Trinajstić information content (AvgIpc) is 3.06. The van der Waals surface area contributed by atoms with Gasteiger partial charge in [0.1, 0.15) is 18.4 Å². The number of rotatable bonds is 7. The summed E-state index contributed by atoms with van der Waals surface area (Å²) in [6.07, 6.45) is 0. The van der Waals surface area contributed by atoms with Crippen LogP contribution >= 0.6 is 11.9 Å². The summed E-state index contributed by atoms with van der Waals surface area (Å²) in [5.74, 6) is 6.18. The van der Waals surface area contributed by atoms with E-state index in [1.165, 1.54) is 23.5 Å². The summed E-state index contributed by atoms with van der Waals surface area (Å²) in [4.78, 5) is 12.2. The molecular weight excluding hydrogens is 388 g/mol. The molecule has 29 heavy (non-hydrogen) atoms. The largest absolute Gasteiger partial charge is 0.497 e. The molecule has 0 aliphatic rings. The van der Waals surface area contributed by atoms with Crippen molar-refractivity contribution in [2.24, 2.45) is 5.84 Å². The lowest BCUT2D eigenvalue weighted by molar-refractivity contribution is -0.140. The molecule has 150 valence electrons. The van der Waals surface area contributed by atoms with Gasteiger partial charge in [0.15, 0.2) is 0 Å². The molecule has 0 atom stereocenters. The number of nitrogens with two attached hydrogens (primary N) is 1. The van der Waals surface area contributed by atoms with Crippen molar-refractivity contribution in [1.29, 1.82) is 5.26 Å². The van der Waals surface area contributed by atoms with Crippen LogP contribution in [-0.4, -0.2) is 35.7 Å². The van der Waals surface area contributed by atoms with Gasteiger partial charge in [0.2, 0.25) is 0 Å². The zero-order valence-electron chi connectivity index (χ0n) is 16.5. The van der Waals surface area contributed by atoms with E-state index < -0.39 is 5.97 Å². The van der Waals surface area contributed by atoms with E-state index in [1.807, 2.05) is 49.4 Å². The number of esters is 1. The zero-order valence-corrected chi connectivity index (χ0v) is 17.3. The Kier molecular flexibility index (Phi) is 6.44. The van der Waals surface area contributed by atoms with Gasteiger partial charge in [-0.2, -0.15) is 9.68 Å². The highest BCUT2D eigenvalue weighted by Crippen LogP contribution is 2.36. The molecule has 7 nitrogen and oxygen atoms in total. The Morgan fingerprint density at radius 2 is 1.97 bits per heavy atom. The second-order valence-electron chi connectivity index (χ2n) is 6.23. The van der Waals surface area contributed by atoms with Crippen molar-refractivity contribution in [1.82, 2.24) is 8.98 Å². The van der Waals surface area contributed by atoms with E-state index in [2.05, 4.69) is 15.4 Å². The first-order valence-electron chi connectivity index (χ1n) is 9.00. The number of nitrogens with zero attached hydrogens (tertiary/aromatic N) is 3. The molecule has 2 N–H and O–H groups in total. The molecule has 2 aromatic carbocycles. The van der Waals surface area contributed by atoms with Gasteiger partial charge in [-0.3, -0.25) is 10.6 Å². The van der Waals surface area contributed by atoms with Crippen LogP contribution in [0.25, 0.3) is 22.2 Å². The maximum atomic E-state index is 11.3. The van der Waals surface area contributed by atoms with E-state index in [0.717, 1.165) is 32.8 Å². The first-order chi connectivity index (χ1) is 14.0. The molecule has 0 amide bonds. The van der Waals surface area contributed by atoms with Crippen molar-refractivity contribution >= 4 is 28.8 Å². The van der Waals surface area contributed by atoms with Gasteiger partial charge in [-0.25, -0.2) is 0 Å². The number of benzene rings is 2. The quantitative estimate of drug-likeness (QED) is 0.275. The van der Waals surface area contributed by atoms with Gasteiger partial charge < -0.3 is 14.0 Å². The fraction of sp³-hybridized carbons (Fsp3) is 0.238. The number of aryl methyl sites for hydroxylation is 1. The van der Waals surface area contributed by atoms with Crippen LogP contribution in [0.2, 0.25) is 0 Å². The number of carbonyl (C=O) groups excluding carboxylic acids is 1. The minimum absolute atomic E-state index is 0.0204. The number of hydrogen-bond donors (Lipinski definition) is 1. The number of fused-ring (bicyclic) bond motifs is 1. The van der Waals surface area contributed by atoms with Gasteiger partial charge in [-0.05, 0) is 48.7 Å². The number of methoxy groups -OCH3 is 2. The van der Waals surface area contributed by atoms with Crippen molar-refractivity contribution < 1.29 is 14.3 Å². The standard InChI is InChI=1S/C21H22N4O3S/c1-4-24-19-11-15(27-2)7-10-17(19)18(12-22)21(24)14-5-8-16(9-6-14)29-25(23)13-20(26)28-3/h5-11H,4,13,23H2,1-3H3. The average molecular weight is 410 g/mol. The number of nitriles is 1. The molecule has 1 heterocycles. The molecule has 0 aliphatic heterocycles. The Morgan fingerprint density at radius 1 is 1.24 bits per heavy atom. The van der Waals surface area contributed by atoms with E-state index in [-0.39, 0.29) is 6.54 Å². The van der Waals surface area contributed by atoms with Crippen LogP contribution in [0.3, 0.4) is 0 Å². The highest BCUT2D eigenvalue weighted by molar-refractivity contribution is 7.97. The van der Waals surface area contributed by atoms with E-state index in [0.29, 0.717) is 12.1 Å². The van der Waals surface area contributed by atoms with Gasteiger partial charge in [-0.15, -0.1) is 0 Å². The van der Waals surface area contributed by atoms with Gasteiger partial charge in [0.05, 0.1) is 31.0 Å². The Morgan fingerprint density at radius 3 is 2.55 bits per heavy atom. The lowest BCUT2D eigenvalue weighted by Crippen LogP contribution is -2.30. The van der Waals surface area contributed by atoms with Crippen molar-refractivity contribution in [2.75, 3.05) is 20.8 Å². The van der Waals surface area contributed by atoms with Crippen molar-refractivity contribution in [3.05, 3.63) is 48.0 Å². The fourth-order valence-corrected chi connectivity index (χ4v) is 3.93. The third-order valence-electron chi connectivity index (χ3n) is 4.56. The van der Waals surface area contributed by atoms with Gasteiger partial charge in [0.25, 0.3) is 0 Å². The van der Waals surface area contributed by atoms with Crippen LogP contribution in [0.15, 0.2) is 47.4 Å². The molecule has 0 aliphatic carbocycles. The molecule has 0 fully saturated rings. The molecular formula is C21H22N4O3S. The van der Waals surface area contributed by atoms with Crippen LogP contribution in [-0.2, 0) is 16.1 Å². The number of hydrazine groups is 1. The molecule has 8 heteroatoms. The van der Waals surface area contributed by atoms with Crippen molar-refractivity contribution in [2.45, 2.75) is 18.4 Å². The first-order valence-corrected chi connectivity index (χ1v) is 9.77. The second-order valence-corrected chi connectivity index (χ2v) is 7.35. The smallest absolute Gasteiger partial charge is 0.322 e. The summed E-state index contributed by atoms with van der Waals surface area (Å²) in [5, 5.41) is 10.7. The highest BCUT2D eigenvalue weighted by atomic mass is 32.2. The zero-order chi connectivity index (χ0) is 21.0. The predicted octanol–water partition coefficient (Wildman–Crippen LogP) is 3.56. The molecule has 1 aromatic heterocycles. The van der Waals surface area contributed by atoms with E-state index in [9.17, 15) is 10.1 Å².